The molecule has 0 radical (unpaired) electrons. The van der Waals surface area contributed by atoms with Gasteiger partial charge in [0.05, 0.1) is 25.2 Å². The normalized spacial score (nSPS) is 13.4. The second-order valence-corrected chi connectivity index (χ2v) is 18.0. The van der Waals surface area contributed by atoms with Crippen LogP contribution in [0.5, 0.6) is 0 Å². The Morgan fingerprint density at radius 3 is 1.29 bits per heavy atom. The zero-order chi connectivity index (χ0) is 43.1. The quantitative estimate of drug-likeness (QED) is 0.0322. The lowest BCUT2D eigenvalue weighted by atomic mass is 10.0. The molecule has 3 N–H and O–H groups in total. The molecular weight excluding hydrogens is 731 g/mol. The maximum atomic E-state index is 13.2. The Hall–Kier alpha value is -1.66. The van der Waals surface area contributed by atoms with Gasteiger partial charge in [-0.1, -0.05) is 244 Å². The van der Waals surface area contributed by atoms with Gasteiger partial charge < -0.3 is 20.3 Å². The average Bonchev–Trinajstić information content (AvgIpc) is 3.23. The number of carbonyl (C=O) groups excluding carboxylic acids is 2. The van der Waals surface area contributed by atoms with Crippen molar-refractivity contribution in [3.63, 3.8) is 0 Å². The number of rotatable bonds is 47. The molecule has 0 fully saturated rings. The van der Waals surface area contributed by atoms with Crippen molar-refractivity contribution in [1.29, 1.82) is 0 Å². The number of allylic oxidation sites excluding steroid dienone is 4. The van der Waals surface area contributed by atoms with Gasteiger partial charge in [-0.3, -0.25) is 9.59 Å². The first kappa shape index (κ1) is 57.3. The molecule has 1 amide bonds. The Balaban J connectivity index is 4.61. The van der Waals surface area contributed by atoms with Crippen LogP contribution in [0.25, 0.3) is 0 Å². The fraction of sp³-hybridized carbons (Fsp3) is 0.887. The molecule has 0 aromatic heterocycles. The van der Waals surface area contributed by atoms with Crippen LogP contribution in [-0.4, -0.2) is 46.9 Å². The molecule has 0 saturated carbocycles. The fourth-order valence-corrected chi connectivity index (χ4v) is 8.08. The monoisotopic (exact) mass is 832 g/mol. The molecule has 6 heteroatoms. The number of unbranched alkanes of at least 4 members (excludes halogenated alkanes) is 32. The SMILES string of the molecule is CCCCCCCCC/C=C/C=C/CCCC(CC(=O)NC(CO)C(O)CCCCCCCCCCCCC)OC(=O)CCCCCCCCCCCCCCCCC. The average molecular weight is 832 g/mol. The minimum Gasteiger partial charge on any atom is -0.462 e. The first-order valence-electron chi connectivity index (χ1n) is 26.1. The predicted molar refractivity (Wildman–Crippen MR) is 255 cm³/mol. The van der Waals surface area contributed by atoms with Crippen LogP contribution in [0.4, 0.5) is 0 Å². The van der Waals surface area contributed by atoms with Gasteiger partial charge in [0.25, 0.3) is 0 Å². The number of esters is 1. The number of amides is 1. The van der Waals surface area contributed by atoms with Gasteiger partial charge in [-0.25, -0.2) is 0 Å². The van der Waals surface area contributed by atoms with Crippen molar-refractivity contribution in [1.82, 2.24) is 5.32 Å². The van der Waals surface area contributed by atoms with E-state index in [1.165, 1.54) is 173 Å². The van der Waals surface area contributed by atoms with Crippen molar-refractivity contribution < 1.29 is 24.5 Å². The summed E-state index contributed by atoms with van der Waals surface area (Å²) >= 11 is 0. The molecule has 0 bridgehead atoms. The van der Waals surface area contributed by atoms with Crippen molar-refractivity contribution in [3.8, 4) is 0 Å². The molecule has 348 valence electrons. The summed E-state index contributed by atoms with van der Waals surface area (Å²) in [5, 5.41) is 23.7. The molecule has 0 aliphatic heterocycles. The number of aliphatic hydroxyl groups excluding tert-OH is 2. The van der Waals surface area contributed by atoms with E-state index in [-0.39, 0.29) is 24.9 Å². The van der Waals surface area contributed by atoms with Gasteiger partial charge in [0.2, 0.25) is 5.91 Å². The van der Waals surface area contributed by atoms with Crippen LogP contribution in [0.1, 0.15) is 278 Å². The van der Waals surface area contributed by atoms with E-state index < -0.39 is 18.2 Å². The first-order chi connectivity index (χ1) is 29.0. The molecule has 0 spiro atoms. The Morgan fingerprint density at radius 1 is 0.492 bits per heavy atom. The number of aliphatic hydroxyl groups is 2. The topological polar surface area (TPSA) is 95.9 Å². The van der Waals surface area contributed by atoms with E-state index in [2.05, 4.69) is 50.4 Å². The van der Waals surface area contributed by atoms with E-state index in [1.807, 2.05) is 0 Å². The molecule has 0 rings (SSSR count). The van der Waals surface area contributed by atoms with Crippen LogP contribution in [0.2, 0.25) is 0 Å². The summed E-state index contributed by atoms with van der Waals surface area (Å²) in [6.07, 6.45) is 53.9. The van der Waals surface area contributed by atoms with Gasteiger partial charge >= 0.3 is 5.97 Å². The Kier molecular flexibility index (Phi) is 46.1. The zero-order valence-corrected chi connectivity index (χ0v) is 39.7. The maximum absolute atomic E-state index is 13.2. The van der Waals surface area contributed by atoms with Crippen molar-refractivity contribution in [2.45, 2.75) is 296 Å². The van der Waals surface area contributed by atoms with Gasteiger partial charge in [-0.15, -0.1) is 0 Å². The highest BCUT2D eigenvalue weighted by atomic mass is 16.5. The number of hydrogen-bond donors (Lipinski definition) is 3. The third-order valence-corrected chi connectivity index (χ3v) is 12.1. The highest BCUT2D eigenvalue weighted by molar-refractivity contribution is 5.77. The Bertz CT molecular complexity index is 935. The van der Waals surface area contributed by atoms with Gasteiger partial charge in [-0.05, 0) is 44.9 Å². The first-order valence-corrected chi connectivity index (χ1v) is 26.1. The summed E-state index contributed by atoms with van der Waals surface area (Å²) in [4.78, 5) is 26.1. The van der Waals surface area contributed by atoms with Crippen molar-refractivity contribution in [2.75, 3.05) is 6.61 Å². The minimum atomic E-state index is -0.794. The molecule has 0 saturated heterocycles. The van der Waals surface area contributed by atoms with E-state index in [4.69, 9.17) is 4.74 Å². The lowest BCUT2D eigenvalue weighted by Gasteiger charge is -2.24. The largest absolute Gasteiger partial charge is 0.462 e. The smallest absolute Gasteiger partial charge is 0.306 e. The summed E-state index contributed by atoms with van der Waals surface area (Å²) in [5.41, 5.74) is 0. The molecule has 3 atom stereocenters. The van der Waals surface area contributed by atoms with Crippen LogP contribution in [0.15, 0.2) is 24.3 Å². The lowest BCUT2D eigenvalue weighted by molar-refractivity contribution is -0.151. The lowest BCUT2D eigenvalue weighted by Crippen LogP contribution is -2.46. The number of hydrogen-bond acceptors (Lipinski definition) is 5. The number of nitrogens with one attached hydrogen (secondary N) is 1. The van der Waals surface area contributed by atoms with Crippen LogP contribution < -0.4 is 5.32 Å². The Morgan fingerprint density at radius 2 is 0.864 bits per heavy atom. The maximum Gasteiger partial charge on any atom is 0.306 e. The Labute approximate surface area is 367 Å². The van der Waals surface area contributed by atoms with Crippen molar-refractivity contribution in [3.05, 3.63) is 24.3 Å². The van der Waals surface area contributed by atoms with Crippen LogP contribution in [-0.2, 0) is 14.3 Å². The summed E-state index contributed by atoms with van der Waals surface area (Å²) in [5.74, 6) is -0.507. The molecule has 0 heterocycles. The number of ether oxygens (including phenoxy) is 1. The van der Waals surface area contributed by atoms with E-state index >= 15 is 0 Å². The predicted octanol–water partition coefficient (Wildman–Crippen LogP) is 15.5. The zero-order valence-electron chi connectivity index (χ0n) is 39.7. The summed E-state index contributed by atoms with van der Waals surface area (Å²) < 4.78 is 5.91. The third kappa shape index (κ3) is 42.8. The summed E-state index contributed by atoms with van der Waals surface area (Å²) in [6, 6.07) is -0.710. The minimum absolute atomic E-state index is 0.0499. The highest BCUT2D eigenvalue weighted by Gasteiger charge is 2.24. The van der Waals surface area contributed by atoms with E-state index in [0.717, 1.165) is 57.8 Å². The number of carbonyl (C=O) groups is 2. The molecule has 0 aromatic carbocycles. The van der Waals surface area contributed by atoms with Crippen LogP contribution in [0, 0.1) is 0 Å². The summed E-state index contributed by atoms with van der Waals surface area (Å²) in [6.45, 7) is 6.47. The second-order valence-electron chi connectivity index (χ2n) is 18.0. The van der Waals surface area contributed by atoms with Crippen molar-refractivity contribution >= 4 is 11.9 Å². The highest BCUT2D eigenvalue weighted by Crippen LogP contribution is 2.18. The van der Waals surface area contributed by atoms with Crippen LogP contribution in [0.3, 0.4) is 0 Å². The van der Waals surface area contributed by atoms with Gasteiger partial charge in [0, 0.05) is 6.42 Å². The van der Waals surface area contributed by atoms with Gasteiger partial charge in [-0.2, -0.15) is 0 Å². The molecule has 0 aliphatic carbocycles. The fourth-order valence-electron chi connectivity index (χ4n) is 8.08. The van der Waals surface area contributed by atoms with Gasteiger partial charge in [0.1, 0.15) is 6.10 Å². The molecule has 0 aliphatic rings. The molecular formula is C53H101NO5. The van der Waals surface area contributed by atoms with Gasteiger partial charge in [0.15, 0.2) is 0 Å². The molecule has 0 aromatic rings. The third-order valence-electron chi connectivity index (χ3n) is 12.1. The van der Waals surface area contributed by atoms with E-state index in [9.17, 15) is 19.8 Å². The molecule has 6 nitrogen and oxygen atoms in total. The van der Waals surface area contributed by atoms with E-state index in [1.54, 1.807) is 0 Å². The van der Waals surface area contributed by atoms with E-state index in [0.29, 0.717) is 19.3 Å². The molecule has 3 unspecified atom stereocenters. The van der Waals surface area contributed by atoms with Crippen LogP contribution >= 0.6 is 0 Å². The summed E-state index contributed by atoms with van der Waals surface area (Å²) in [7, 11) is 0. The molecule has 59 heavy (non-hydrogen) atoms. The second kappa shape index (κ2) is 47.4. The van der Waals surface area contributed by atoms with Crippen molar-refractivity contribution in [2.24, 2.45) is 0 Å². The standard InChI is InChI=1S/C53H101NO5/c1-4-7-10-13-16-19-22-24-26-28-31-34-37-40-43-46-53(58)59-49(44-41-38-35-32-30-27-25-23-20-17-14-11-8-5-2)47-52(57)54-50(48-55)51(56)45-42-39-36-33-29-21-18-15-12-9-6-3/h27,30,32,35,49-51,55-56H,4-26,28-29,31,33-34,36-48H2,1-3H3,(H,54,57)/b30-27+,35-32+.